The molecule has 4 saturated carbocycles. The SMILES string of the molecule is CC.CC1CCC(C2CCC(C(=O)OC3CCC(C4CCC(N)CC4)CC3)CC2)CC1. The molecule has 2 N–H and O–H groups in total. The van der Waals surface area contributed by atoms with Crippen molar-refractivity contribution in [2.24, 2.45) is 41.2 Å². The molecule has 4 fully saturated rings. The van der Waals surface area contributed by atoms with Gasteiger partial charge in [0.05, 0.1) is 5.92 Å². The van der Waals surface area contributed by atoms with Crippen LogP contribution in [0.5, 0.6) is 0 Å². The highest BCUT2D eigenvalue weighted by Gasteiger charge is 2.35. The van der Waals surface area contributed by atoms with Crippen molar-refractivity contribution in [2.75, 3.05) is 0 Å². The number of hydrogen-bond acceptors (Lipinski definition) is 3. The summed E-state index contributed by atoms with van der Waals surface area (Å²) in [5.74, 6) is 4.80. The highest BCUT2D eigenvalue weighted by Crippen LogP contribution is 2.42. The Morgan fingerprint density at radius 1 is 0.613 bits per heavy atom. The molecule has 0 unspecified atom stereocenters. The normalized spacial score (nSPS) is 41.5. The third-order valence-electron chi connectivity index (χ3n) is 9.32. The van der Waals surface area contributed by atoms with Crippen molar-refractivity contribution in [1.82, 2.24) is 0 Å². The van der Waals surface area contributed by atoms with E-state index in [1.165, 1.54) is 77.0 Å². The van der Waals surface area contributed by atoms with Crippen LogP contribution in [0.25, 0.3) is 0 Å². The zero-order chi connectivity index (χ0) is 22.2. The minimum absolute atomic E-state index is 0.132. The molecule has 3 heteroatoms. The van der Waals surface area contributed by atoms with E-state index in [9.17, 15) is 4.79 Å². The van der Waals surface area contributed by atoms with Crippen molar-refractivity contribution in [1.29, 1.82) is 0 Å². The van der Waals surface area contributed by atoms with Crippen LogP contribution in [0.2, 0.25) is 0 Å². The van der Waals surface area contributed by atoms with Crippen molar-refractivity contribution < 1.29 is 9.53 Å². The van der Waals surface area contributed by atoms with E-state index in [0.29, 0.717) is 6.04 Å². The van der Waals surface area contributed by atoms with Gasteiger partial charge in [-0.2, -0.15) is 0 Å². The highest BCUT2D eigenvalue weighted by molar-refractivity contribution is 5.72. The first-order valence-electron chi connectivity index (χ1n) is 14.0. The van der Waals surface area contributed by atoms with Crippen molar-refractivity contribution in [3.05, 3.63) is 0 Å². The first-order chi connectivity index (χ1) is 15.1. The molecule has 0 aromatic rings. The number of carbonyl (C=O) groups excluding carboxylic acids is 1. The third kappa shape index (κ3) is 7.21. The Balaban J connectivity index is 0.00000132. The van der Waals surface area contributed by atoms with Crippen LogP contribution >= 0.6 is 0 Å². The molecular weight excluding hydrogens is 382 g/mol. The number of ether oxygens (including phenoxy) is 1. The van der Waals surface area contributed by atoms with Gasteiger partial charge in [-0.05, 0) is 119 Å². The molecule has 0 spiro atoms. The summed E-state index contributed by atoms with van der Waals surface area (Å²) in [5, 5.41) is 0. The molecule has 0 atom stereocenters. The summed E-state index contributed by atoms with van der Waals surface area (Å²) in [6.45, 7) is 6.40. The molecule has 0 aromatic carbocycles. The summed E-state index contributed by atoms with van der Waals surface area (Å²) in [4.78, 5) is 12.8. The number of carbonyl (C=O) groups is 1. The van der Waals surface area contributed by atoms with Crippen LogP contribution in [0, 0.1) is 35.5 Å². The maximum absolute atomic E-state index is 12.8. The maximum Gasteiger partial charge on any atom is 0.309 e. The van der Waals surface area contributed by atoms with Gasteiger partial charge in [0.1, 0.15) is 6.10 Å². The zero-order valence-electron chi connectivity index (χ0n) is 20.8. The van der Waals surface area contributed by atoms with Crippen molar-refractivity contribution in [2.45, 2.75) is 136 Å². The Kier molecular flexibility index (Phi) is 10.2. The minimum atomic E-state index is 0.132. The predicted octanol–water partition coefficient (Wildman–Crippen LogP) is 7.26. The molecule has 0 bridgehead atoms. The van der Waals surface area contributed by atoms with Gasteiger partial charge >= 0.3 is 5.97 Å². The Hall–Kier alpha value is -0.570. The lowest BCUT2D eigenvalue weighted by molar-refractivity contribution is -0.158. The molecule has 3 nitrogen and oxygen atoms in total. The van der Waals surface area contributed by atoms with E-state index < -0.39 is 0 Å². The van der Waals surface area contributed by atoms with E-state index >= 15 is 0 Å². The highest BCUT2D eigenvalue weighted by atomic mass is 16.5. The van der Waals surface area contributed by atoms with Gasteiger partial charge < -0.3 is 10.5 Å². The Morgan fingerprint density at radius 2 is 1.00 bits per heavy atom. The fraction of sp³-hybridized carbons (Fsp3) is 0.964. The van der Waals surface area contributed by atoms with Gasteiger partial charge in [-0.15, -0.1) is 0 Å². The number of hydrogen-bond donors (Lipinski definition) is 1. The minimum Gasteiger partial charge on any atom is -0.462 e. The Morgan fingerprint density at radius 3 is 1.48 bits per heavy atom. The zero-order valence-corrected chi connectivity index (χ0v) is 20.8. The molecule has 0 radical (unpaired) electrons. The second-order valence-corrected chi connectivity index (χ2v) is 11.3. The van der Waals surface area contributed by atoms with Crippen molar-refractivity contribution in [3.8, 4) is 0 Å². The standard InChI is InChI=1S/C26H45NO2.C2H6/c1-18-2-4-19(5-3-18)20-6-8-23(9-7-20)26(28)29-25-16-12-22(13-17-25)21-10-14-24(27)15-11-21;1-2/h18-25H,2-17,27H2,1H3;1-2H3. The summed E-state index contributed by atoms with van der Waals surface area (Å²) >= 11 is 0. The van der Waals surface area contributed by atoms with Crippen LogP contribution in [0.15, 0.2) is 0 Å². The van der Waals surface area contributed by atoms with Gasteiger partial charge in [-0.3, -0.25) is 4.79 Å². The van der Waals surface area contributed by atoms with Gasteiger partial charge in [0.2, 0.25) is 0 Å². The molecular formula is C28H51NO2. The number of esters is 1. The average Bonchev–Trinajstić information content (AvgIpc) is 2.82. The Bertz CT molecular complexity index is 503. The van der Waals surface area contributed by atoms with Gasteiger partial charge in [-0.25, -0.2) is 0 Å². The van der Waals surface area contributed by atoms with Crippen LogP contribution < -0.4 is 5.73 Å². The first-order valence-corrected chi connectivity index (χ1v) is 14.0. The lowest BCUT2D eigenvalue weighted by Crippen LogP contribution is -2.34. The third-order valence-corrected chi connectivity index (χ3v) is 9.32. The van der Waals surface area contributed by atoms with Crippen molar-refractivity contribution >= 4 is 5.97 Å². The molecule has 180 valence electrons. The maximum atomic E-state index is 12.8. The van der Waals surface area contributed by atoms with Gasteiger partial charge in [0.15, 0.2) is 0 Å². The van der Waals surface area contributed by atoms with Gasteiger partial charge in [0.25, 0.3) is 0 Å². The molecule has 4 aliphatic rings. The second kappa shape index (κ2) is 12.6. The molecule has 0 aliphatic heterocycles. The summed E-state index contributed by atoms with van der Waals surface area (Å²) in [5.41, 5.74) is 6.07. The molecule has 0 amide bonds. The van der Waals surface area contributed by atoms with Crippen molar-refractivity contribution in [3.63, 3.8) is 0 Å². The van der Waals surface area contributed by atoms with E-state index in [1.54, 1.807) is 0 Å². The van der Waals surface area contributed by atoms with Crippen LogP contribution in [-0.4, -0.2) is 18.1 Å². The van der Waals surface area contributed by atoms with E-state index in [2.05, 4.69) is 6.92 Å². The fourth-order valence-corrected chi connectivity index (χ4v) is 7.14. The molecule has 0 aromatic heterocycles. The fourth-order valence-electron chi connectivity index (χ4n) is 7.14. The molecule has 0 saturated heterocycles. The smallest absolute Gasteiger partial charge is 0.309 e. The summed E-state index contributed by atoms with van der Waals surface area (Å²) in [6.07, 6.45) is 20.3. The monoisotopic (exact) mass is 433 g/mol. The molecule has 4 rings (SSSR count). The van der Waals surface area contributed by atoms with E-state index in [1.807, 2.05) is 13.8 Å². The number of nitrogens with two attached hydrogens (primary N) is 1. The van der Waals surface area contributed by atoms with Gasteiger partial charge in [-0.1, -0.05) is 33.6 Å². The Labute approximate surface area is 192 Å². The lowest BCUT2D eigenvalue weighted by Gasteiger charge is -2.38. The topological polar surface area (TPSA) is 52.3 Å². The summed E-state index contributed by atoms with van der Waals surface area (Å²) in [6, 6.07) is 0.445. The van der Waals surface area contributed by atoms with E-state index in [4.69, 9.17) is 10.5 Å². The average molecular weight is 434 g/mol. The lowest BCUT2D eigenvalue weighted by atomic mass is 9.69. The van der Waals surface area contributed by atoms with Crippen LogP contribution in [0.3, 0.4) is 0 Å². The molecule has 0 heterocycles. The summed E-state index contributed by atoms with van der Waals surface area (Å²) < 4.78 is 6.02. The quantitative estimate of drug-likeness (QED) is 0.474. The molecule has 4 aliphatic carbocycles. The predicted molar refractivity (Wildman–Crippen MR) is 130 cm³/mol. The molecule has 31 heavy (non-hydrogen) atoms. The second-order valence-electron chi connectivity index (χ2n) is 11.3. The first kappa shape index (κ1) is 25.1. The van der Waals surface area contributed by atoms with E-state index in [-0.39, 0.29) is 18.0 Å². The van der Waals surface area contributed by atoms with Crippen LogP contribution in [-0.2, 0) is 9.53 Å². The largest absolute Gasteiger partial charge is 0.462 e. The van der Waals surface area contributed by atoms with Gasteiger partial charge in [0, 0.05) is 6.04 Å². The van der Waals surface area contributed by atoms with E-state index in [0.717, 1.165) is 55.3 Å². The number of rotatable bonds is 4. The summed E-state index contributed by atoms with van der Waals surface area (Å²) in [7, 11) is 0. The van der Waals surface area contributed by atoms with Crippen LogP contribution in [0.1, 0.15) is 124 Å². The van der Waals surface area contributed by atoms with Crippen LogP contribution in [0.4, 0.5) is 0 Å².